The van der Waals surface area contributed by atoms with E-state index in [0.29, 0.717) is 17.6 Å². The summed E-state index contributed by atoms with van der Waals surface area (Å²) in [5, 5.41) is 2.85. The van der Waals surface area contributed by atoms with Gasteiger partial charge in [-0.25, -0.2) is 0 Å². The molecule has 0 saturated heterocycles. The minimum Gasteiger partial charge on any atom is -0.469 e. The molecule has 1 aromatic heterocycles. The third-order valence-electron chi connectivity index (χ3n) is 2.74. The van der Waals surface area contributed by atoms with Crippen LogP contribution in [0.5, 0.6) is 0 Å². The number of fused-ring (bicyclic) bond motifs is 1. The van der Waals surface area contributed by atoms with E-state index in [2.05, 4.69) is 18.8 Å². The topological polar surface area (TPSA) is 81.2 Å². The van der Waals surface area contributed by atoms with Gasteiger partial charge >= 0.3 is 5.97 Å². The normalized spacial score (nSPS) is 12.1. The molecule has 6 nitrogen and oxygen atoms in total. The summed E-state index contributed by atoms with van der Waals surface area (Å²) in [4.78, 5) is 23.1. The fourth-order valence-electron chi connectivity index (χ4n) is 1.69. The lowest BCUT2D eigenvalue weighted by molar-refractivity contribution is -0.140. The van der Waals surface area contributed by atoms with Gasteiger partial charge in [-0.15, -0.1) is 11.8 Å². The van der Waals surface area contributed by atoms with Gasteiger partial charge in [0.15, 0.2) is 0 Å². The Morgan fingerprint density at radius 2 is 2.24 bits per heavy atom. The Balaban J connectivity index is 1.87. The Bertz CT molecular complexity index is 644. The molecule has 1 N–H and O–H groups in total. The number of benzene rings is 1. The molecule has 21 heavy (non-hydrogen) atoms. The Labute approximate surface area is 130 Å². The summed E-state index contributed by atoms with van der Waals surface area (Å²) >= 11 is 2.52. The first-order valence-corrected chi connectivity index (χ1v) is 8.07. The maximum atomic E-state index is 11.9. The zero-order valence-electron chi connectivity index (χ0n) is 11.7. The average Bonchev–Trinajstić information content (AvgIpc) is 2.94. The van der Waals surface area contributed by atoms with Crippen LogP contribution >= 0.6 is 23.5 Å². The van der Waals surface area contributed by atoms with Crippen molar-refractivity contribution in [1.82, 2.24) is 8.75 Å². The molecule has 2 aromatic rings. The molecule has 0 aliphatic rings. The number of carbonyl (C=O) groups excluding carboxylic acids is 2. The Morgan fingerprint density at radius 1 is 1.43 bits per heavy atom. The van der Waals surface area contributed by atoms with Gasteiger partial charge in [0.05, 0.1) is 36.7 Å². The van der Waals surface area contributed by atoms with E-state index in [-0.39, 0.29) is 22.9 Å². The third-order valence-corrected chi connectivity index (χ3v) is 4.45. The quantitative estimate of drug-likeness (QED) is 0.821. The SMILES string of the molecule is COC(=O)CC(C)SCC(=O)Nc1cccc2nsnc12. The third kappa shape index (κ3) is 4.40. The number of amides is 1. The van der Waals surface area contributed by atoms with E-state index in [1.165, 1.54) is 18.9 Å². The second-order valence-corrected chi connectivity index (χ2v) is 6.34. The zero-order valence-corrected chi connectivity index (χ0v) is 13.3. The van der Waals surface area contributed by atoms with Crippen LogP contribution in [0.25, 0.3) is 11.0 Å². The molecule has 0 bridgehead atoms. The van der Waals surface area contributed by atoms with Crippen LogP contribution in [0, 0.1) is 0 Å². The van der Waals surface area contributed by atoms with Gasteiger partial charge in [0.2, 0.25) is 5.91 Å². The minimum absolute atomic E-state index is 0.0277. The van der Waals surface area contributed by atoms with Gasteiger partial charge in [-0.2, -0.15) is 8.75 Å². The first-order chi connectivity index (χ1) is 10.1. The van der Waals surface area contributed by atoms with Crippen molar-refractivity contribution in [2.24, 2.45) is 0 Å². The molecule has 1 unspecified atom stereocenters. The summed E-state index contributed by atoms with van der Waals surface area (Å²) in [6, 6.07) is 5.47. The number of carbonyl (C=O) groups is 2. The lowest BCUT2D eigenvalue weighted by atomic mass is 10.2. The van der Waals surface area contributed by atoms with Gasteiger partial charge in [0, 0.05) is 5.25 Å². The number of ether oxygens (including phenoxy) is 1. The van der Waals surface area contributed by atoms with E-state index in [9.17, 15) is 9.59 Å². The number of rotatable bonds is 6. The van der Waals surface area contributed by atoms with Crippen LogP contribution in [0.4, 0.5) is 5.69 Å². The number of aromatic nitrogens is 2. The van der Waals surface area contributed by atoms with E-state index < -0.39 is 0 Å². The summed E-state index contributed by atoms with van der Waals surface area (Å²) in [7, 11) is 1.36. The van der Waals surface area contributed by atoms with Gasteiger partial charge < -0.3 is 10.1 Å². The second kappa shape index (κ2) is 7.37. The highest BCUT2D eigenvalue weighted by molar-refractivity contribution is 8.00. The molecule has 0 aliphatic carbocycles. The largest absolute Gasteiger partial charge is 0.469 e. The predicted octanol–water partition coefficient (Wildman–Crippen LogP) is 2.31. The van der Waals surface area contributed by atoms with Crippen molar-refractivity contribution in [3.05, 3.63) is 18.2 Å². The summed E-state index contributed by atoms with van der Waals surface area (Å²) in [5.41, 5.74) is 2.13. The molecule has 0 spiro atoms. The lowest BCUT2D eigenvalue weighted by Crippen LogP contribution is -2.17. The molecular weight excluding hydrogens is 310 g/mol. The number of methoxy groups -OCH3 is 1. The zero-order chi connectivity index (χ0) is 15.2. The fraction of sp³-hybridized carbons (Fsp3) is 0.385. The molecule has 0 aliphatic heterocycles. The average molecular weight is 325 g/mol. The van der Waals surface area contributed by atoms with Crippen LogP contribution in [-0.2, 0) is 14.3 Å². The van der Waals surface area contributed by atoms with Crippen LogP contribution < -0.4 is 5.32 Å². The fourth-order valence-corrected chi connectivity index (χ4v) is 3.00. The molecule has 8 heteroatoms. The summed E-state index contributed by atoms with van der Waals surface area (Å²) < 4.78 is 12.9. The minimum atomic E-state index is -0.270. The standard InChI is InChI=1S/C13H15N3O3S2/c1-8(6-12(18)19-2)20-7-11(17)14-9-4-3-5-10-13(9)16-21-15-10/h3-5,8H,6-7H2,1-2H3,(H,14,17). The first kappa shape index (κ1) is 15.7. The van der Waals surface area contributed by atoms with Crippen LogP contribution in [0.15, 0.2) is 18.2 Å². The van der Waals surface area contributed by atoms with Crippen molar-refractivity contribution < 1.29 is 14.3 Å². The summed E-state index contributed by atoms with van der Waals surface area (Å²) in [6.07, 6.45) is 0.292. The summed E-state index contributed by atoms with van der Waals surface area (Å²) in [6.45, 7) is 1.89. The van der Waals surface area contributed by atoms with Crippen molar-refractivity contribution >= 4 is 52.1 Å². The number of nitrogens with zero attached hydrogens (tertiary/aromatic N) is 2. The molecular formula is C13H15N3O3S2. The van der Waals surface area contributed by atoms with Crippen molar-refractivity contribution in [2.45, 2.75) is 18.6 Å². The van der Waals surface area contributed by atoms with Gasteiger partial charge in [0.1, 0.15) is 11.0 Å². The maximum Gasteiger partial charge on any atom is 0.306 e. The van der Waals surface area contributed by atoms with E-state index in [1.807, 2.05) is 19.1 Å². The number of nitrogens with one attached hydrogen (secondary N) is 1. The predicted molar refractivity (Wildman–Crippen MR) is 84.6 cm³/mol. The second-order valence-electron chi connectivity index (χ2n) is 4.39. The Kier molecular flexibility index (Phi) is 5.51. The van der Waals surface area contributed by atoms with Crippen molar-refractivity contribution in [2.75, 3.05) is 18.2 Å². The number of hydrogen-bond donors (Lipinski definition) is 1. The molecule has 112 valence electrons. The highest BCUT2D eigenvalue weighted by Crippen LogP contribution is 2.22. The maximum absolute atomic E-state index is 11.9. The number of thioether (sulfide) groups is 1. The number of hydrogen-bond acceptors (Lipinski definition) is 7. The molecule has 1 amide bonds. The first-order valence-electron chi connectivity index (χ1n) is 6.29. The van der Waals surface area contributed by atoms with Gasteiger partial charge in [-0.3, -0.25) is 9.59 Å². The highest BCUT2D eigenvalue weighted by atomic mass is 32.2. The van der Waals surface area contributed by atoms with Crippen LogP contribution in [0.2, 0.25) is 0 Å². The molecule has 1 aromatic carbocycles. The molecule has 1 atom stereocenters. The van der Waals surface area contributed by atoms with E-state index >= 15 is 0 Å². The van der Waals surface area contributed by atoms with E-state index in [0.717, 1.165) is 17.2 Å². The molecule has 2 rings (SSSR count). The van der Waals surface area contributed by atoms with Crippen molar-refractivity contribution in [3.8, 4) is 0 Å². The lowest BCUT2D eigenvalue weighted by Gasteiger charge is -2.10. The molecule has 1 heterocycles. The van der Waals surface area contributed by atoms with Crippen LogP contribution in [0.1, 0.15) is 13.3 Å². The highest BCUT2D eigenvalue weighted by Gasteiger charge is 2.13. The Hall–Kier alpha value is -1.67. The molecule has 0 fully saturated rings. The van der Waals surface area contributed by atoms with Crippen LogP contribution in [0.3, 0.4) is 0 Å². The Morgan fingerprint density at radius 3 is 3.00 bits per heavy atom. The van der Waals surface area contributed by atoms with Gasteiger partial charge in [-0.05, 0) is 12.1 Å². The smallest absolute Gasteiger partial charge is 0.306 e. The molecule has 0 radical (unpaired) electrons. The van der Waals surface area contributed by atoms with E-state index in [4.69, 9.17) is 0 Å². The van der Waals surface area contributed by atoms with Crippen molar-refractivity contribution in [1.29, 1.82) is 0 Å². The number of anilines is 1. The van der Waals surface area contributed by atoms with Crippen molar-refractivity contribution in [3.63, 3.8) is 0 Å². The summed E-state index contributed by atoms with van der Waals surface area (Å²) in [5.74, 6) is -0.127. The molecule has 0 saturated carbocycles. The van der Waals surface area contributed by atoms with Gasteiger partial charge in [0.25, 0.3) is 0 Å². The monoisotopic (exact) mass is 325 g/mol. The van der Waals surface area contributed by atoms with E-state index in [1.54, 1.807) is 6.07 Å². The number of esters is 1. The van der Waals surface area contributed by atoms with Gasteiger partial charge in [-0.1, -0.05) is 13.0 Å². The van der Waals surface area contributed by atoms with Crippen LogP contribution in [-0.4, -0.2) is 38.7 Å².